The number of ether oxygens (including phenoxy) is 1. The predicted octanol–water partition coefficient (Wildman–Crippen LogP) is 4.76. The van der Waals surface area contributed by atoms with Gasteiger partial charge >= 0.3 is 0 Å². The Morgan fingerprint density at radius 3 is 2.39 bits per heavy atom. The molecule has 0 heterocycles. The van der Waals surface area contributed by atoms with Crippen molar-refractivity contribution in [3.05, 3.63) is 56.6 Å². The fourth-order valence-electron chi connectivity index (χ4n) is 1.51. The Kier molecular flexibility index (Phi) is 4.48. The summed E-state index contributed by atoms with van der Waals surface area (Å²) in [7, 11) is 0. The molecule has 2 N–H and O–H groups in total. The van der Waals surface area contributed by atoms with Gasteiger partial charge in [-0.25, -0.2) is 0 Å². The van der Waals surface area contributed by atoms with Gasteiger partial charge in [0.25, 0.3) is 0 Å². The first-order valence-corrected chi connectivity index (χ1v) is 7.00. The Morgan fingerprint density at radius 2 is 1.83 bits per heavy atom. The fourth-order valence-corrected chi connectivity index (χ4v) is 2.10. The van der Waals surface area contributed by atoms with Gasteiger partial charge in [-0.15, -0.1) is 0 Å². The molecule has 0 aliphatic heterocycles. The van der Waals surface area contributed by atoms with Gasteiger partial charge in [0.2, 0.25) is 0 Å². The highest BCUT2D eigenvalue weighted by molar-refractivity contribution is 14.1. The number of halogens is 2. The van der Waals surface area contributed by atoms with Crippen LogP contribution in [0.15, 0.2) is 42.5 Å². The number of rotatable bonds is 3. The standard InChI is InChI=1S/C14H13ClINO/c1-9(17)10-2-7-14(13(15)8-10)18-12-5-3-11(16)4-6-12/h2-9H,17H2,1H3/t9-/m0/s1. The van der Waals surface area contributed by atoms with Crippen LogP contribution in [0.25, 0.3) is 0 Å². The van der Waals surface area contributed by atoms with Crippen LogP contribution in [0.3, 0.4) is 0 Å². The summed E-state index contributed by atoms with van der Waals surface area (Å²) in [5.74, 6) is 1.41. The summed E-state index contributed by atoms with van der Waals surface area (Å²) in [6.45, 7) is 1.92. The summed E-state index contributed by atoms with van der Waals surface area (Å²) in [5, 5.41) is 0.573. The minimum Gasteiger partial charge on any atom is -0.456 e. The van der Waals surface area contributed by atoms with E-state index in [0.717, 1.165) is 11.3 Å². The average Bonchev–Trinajstić information content (AvgIpc) is 2.34. The molecule has 0 bridgehead atoms. The molecule has 0 spiro atoms. The van der Waals surface area contributed by atoms with Gasteiger partial charge in [0.1, 0.15) is 11.5 Å². The first kappa shape index (κ1) is 13.6. The van der Waals surface area contributed by atoms with Gasteiger partial charge < -0.3 is 10.5 Å². The van der Waals surface area contributed by atoms with Gasteiger partial charge in [0.05, 0.1) is 5.02 Å². The summed E-state index contributed by atoms with van der Waals surface area (Å²) in [6, 6.07) is 13.4. The Bertz CT molecular complexity index is 540. The summed E-state index contributed by atoms with van der Waals surface area (Å²) >= 11 is 8.42. The van der Waals surface area contributed by atoms with Crippen LogP contribution < -0.4 is 10.5 Å². The van der Waals surface area contributed by atoms with E-state index in [1.807, 2.05) is 49.4 Å². The van der Waals surface area contributed by atoms with Gasteiger partial charge in [0.15, 0.2) is 0 Å². The fraction of sp³-hybridized carbons (Fsp3) is 0.143. The van der Waals surface area contributed by atoms with Crippen molar-refractivity contribution >= 4 is 34.2 Å². The molecule has 2 aromatic carbocycles. The van der Waals surface area contributed by atoms with Gasteiger partial charge in [-0.2, -0.15) is 0 Å². The first-order valence-electron chi connectivity index (χ1n) is 5.54. The minimum absolute atomic E-state index is 0.0325. The molecule has 0 fully saturated rings. The zero-order valence-corrected chi connectivity index (χ0v) is 12.8. The third-order valence-electron chi connectivity index (χ3n) is 2.52. The van der Waals surface area contributed by atoms with E-state index < -0.39 is 0 Å². The van der Waals surface area contributed by atoms with Crippen LogP contribution in [0.4, 0.5) is 0 Å². The molecular formula is C14H13ClINO. The van der Waals surface area contributed by atoms with E-state index in [0.29, 0.717) is 10.8 Å². The Balaban J connectivity index is 2.22. The average molecular weight is 374 g/mol. The van der Waals surface area contributed by atoms with Crippen LogP contribution in [0, 0.1) is 3.57 Å². The van der Waals surface area contributed by atoms with Crippen LogP contribution in [-0.2, 0) is 0 Å². The molecule has 0 saturated carbocycles. The van der Waals surface area contributed by atoms with Crippen molar-refractivity contribution in [1.29, 1.82) is 0 Å². The number of benzene rings is 2. The van der Waals surface area contributed by atoms with E-state index in [-0.39, 0.29) is 6.04 Å². The zero-order chi connectivity index (χ0) is 13.1. The van der Waals surface area contributed by atoms with Crippen molar-refractivity contribution in [2.45, 2.75) is 13.0 Å². The Labute approximate surface area is 125 Å². The minimum atomic E-state index is -0.0325. The number of hydrogen-bond acceptors (Lipinski definition) is 2. The zero-order valence-electron chi connectivity index (χ0n) is 9.86. The van der Waals surface area contributed by atoms with Crippen molar-refractivity contribution in [3.63, 3.8) is 0 Å². The van der Waals surface area contributed by atoms with Crippen LogP contribution in [0.5, 0.6) is 11.5 Å². The van der Waals surface area contributed by atoms with Crippen LogP contribution in [-0.4, -0.2) is 0 Å². The van der Waals surface area contributed by atoms with Crippen molar-refractivity contribution < 1.29 is 4.74 Å². The highest BCUT2D eigenvalue weighted by atomic mass is 127. The largest absolute Gasteiger partial charge is 0.456 e. The van der Waals surface area contributed by atoms with E-state index in [4.69, 9.17) is 22.1 Å². The van der Waals surface area contributed by atoms with Gasteiger partial charge in [-0.1, -0.05) is 17.7 Å². The maximum Gasteiger partial charge on any atom is 0.146 e. The lowest BCUT2D eigenvalue weighted by Gasteiger charge is -2.11. The molecule has 0 aliphatic carbocycles. The molecule has 18 heavy (non-hydrogen) atoms. The van der Waals surface area contributed by atoms with Crippen molar-refractivity contribution in [2.75, 3.05) is 0 Å². The van der Waals surface area contributed by atoms with Gasteiger partial charge in [0, 0.05) is 9.61 Å². The Morgan fingerprint density at radius 1 is 1.17 bits per heavy atom. The maximum atomic E-state index is 6.17. The van der Waals surface area contributed by atoms with Crippen molar-refractivity contribution in [2.24, 2.45) is 5.73 Å². The predicted molar refractivity (Wildman–Crippen MR) is 83.3 cm³/mol. The molecule has 0 unspecified atom stereocenters. The maximum absolute atomic E-state index is 6.17. The molecule has 0 amide bonds. The second-order valence-electron chi connectivity index (χ2n) is 4.03. The first-order chi connectivity index (χ1) is 8.56. The van der Waals surface area contributed by atoms with E-state index in [9.17, 15) is 0 Å². The van der Waals surface area contributed by atoms with E-state index in [2.05, 4.69) is 22.6 Å². The van der Waals surface area contributed by atoms with Crippen LogP contribution in [0.2, 0.25) is 5.02 Å². The second kappa shape index (κ2) is 5.91. The molecule has 2 rings (SSSR count). The second-order valence-corrected chi connectivity index (χ2v) is 5.69. The molecule has 1 atom stereocenters. The highest BCUT2D eigenvalue weighted by Crippen LogP contribution is 2.31. The van der Waals surface area contributed by atoms with E-state index >= 15 is 0 Å². The summed E-state index contributed by atoms with van der Waals surface area (Å²) in [5.41, 5.74) is 6.80. The molecule has 0 aliphatic rings. The van der Waals surface area contributed by atoms with Crippen molar-refractivity contribution in [1.82, 2.24) is 0 Å². The lowest BCUT2D eigenvalue weighted by atomic mass is 10.1. The smallest absolute Gasteiger partial charge is 0.146 e. The summed E-state index contributed by atoms with van der Waals surface area (Å²) < 4.78 is 6.89. The van der Waals surface area contributed by atoms with Gasteiger partial charge in [-0.05, 0) is 71.5 Å². The summed E-state index contributed by atoms with van der Waals surface area (Å²) in [4.78, 5) is 0. The van der Waals surface area contributed by atoms with Crippen LogP contribution >= 0.6 is 34.2 Å². The Hall–Kier alpha value is -0.780. The highest BCUT2D eigenvalue weighted by Gasteiger charge is 2.06. The third-order valence-corrected chi connectivity index (χ3v) is 3.54. The SMILES string of the molecule is C[C@H](N)c1ccc(Oc2ccc(I)cc2)c(Cl)c1. The molecule has 2 aromatic rings. The molecule has 0 saturated heterocycles. The number of hydrogen-bond donors (Lipinski definition) is 1. The lowest BCUT2D eigenvalue weighted by molar-refractivity contribution is 0.482. The molecule has 4 heteroatoms. The summed E-state index contributed by atoms with van der Waals surface area (Å²) in [6.07, 6.45) is 0. The quantitative estimate of drug-likeness (QED) is 0.788. The molecule has 2 nitrogen and oxygen atoms in total. The monoisotopic (exact) mass is 373 g/mol. The molecule has 94 valence electrons. The normalized spacial score (nSPS) is 12.2. The van der Waals surface area contributed by atoms with Crippen molar-refractivity contribution in [3.8, 4) is 11.5 Å². The van der Waals surface area contributed by atoms with E-state index in [1.54, 1.807) is 0 Å². The molecule has 0 aromatic heterocycles. The van der Waals surface area contributed by atoms with Crippen LogP contribution in [0.1, 0.15) is 18.5 Å². The number of nitrogens with two attached hydrogens (primary N) is 1. The third kappa shape index (κ3) is 3.37. The lowest BCUT2D eigenvalue weighted by Crippen LogP contribution is -2.04. The van der Waals surface area contributed by atoms with E-state index in [1.165, 1.54) is 3.57 Å². The topological polar surface area (TPSA) is 35.2 Å². The molecular weight excluding hydrogens is 361 g/mol. The molecule has 0 radical (unpaired) electrons. The van der Waals surface area contributed by atoms with Gasteiger partial charge in [-0.3, -0.25) is 0 Å².